The number of halogens is 1. The van der Waals surface area contributed by atoms with Crippen molar-refractivity contribution in [3.05, 3.63) is 35.6 Å². The van der Waals surface area contributed by atoms with E-state index in [-0.39, 0.29) is 42.3 Å². The van der Waals surface area contributed by atoms with E-state index in [9.17, 15) is 18.8 Å². The number of ketones is 1. The number of carbonyl (C=O) groups excluding carboxylic acids is 3. The highest BCUT2D eigenvalue weighted by Crippen LogP contribution is 2.10. The van der Waals surface area contributed by atoms with Gasteiger partial charge >= 0.3 is 0 Å². The summed E-state index contributed by atoms with van der Waals surface area (Å²) in [6.07, 6.45) is 1.24. The SMILES string of the molecule is CN1CC(NC(=O)CCCC(=O)c2ccc(F)cc2)CC1=O. The number of likely N-dealkylation sites (tertiary alicyclic amines) is 1. The third kappa shape index (κ3) is 4.38. The summed E-state index contributed by atoms with van der Waals surface area (Å²) in [7, 11) is 1.70. The van der Waals surface area contributed by atoms with Gasteiger partial charge in [0.05, 0.1) is 6.04 Å². The lowest BCUT2D eigenvalue weighted by Gasteiger charge is -2.12. The van der Waals surface area contributed by atoms with Crippen molar-refractivity contribution in [1.29, 1.82) is 0 Å². The molecule has 22 heavy (non-hydrogen) atoms. The first-order valence-electron chi connectivity index (χ1n) is 7.28. The van der Waals surface area contributed by atoms with Crippen LogP contribution in [0.4, 0.5) is 4.39 Å². The standard InChI is InChI=1S/C16H19FN2O3/c1-19-10-13(9-16(19)22)18-15(21)4-2-3-14(20)11-5-7-12(17)8-6-11/h5-8,13H,2-4,9-10H2,1H3,(H,18,21). The van der Waals surface area contributed by atoms with E-state index in [2.05, 4.69) is 5.32 Å². The van der Waals surface area contributed by atoms with Crippen LogP contribution in [0.25, 0.3) is 0 Å². The lowest BCUT2D eigenvalue weighted by molar-refractivity contribution is -0.126. The topological polar surface area (TPSA) is 66.5 Å². The van der Waals surface area contributed by atoms with Gasteiger partial charge in [0.15, 0.2) is 5.78 Å². The fourth-order valence-electron chi connectivity index (χ4n) is 2.45. The van der Waals surface area contributed by atoms with Crippen molar-refractivity contribution in [3.8, 4) is 0 Å². The van der Waals surface area contributed by atoms with Gasteiger partial charge in [-0.2, -0.15) is 0 Å². The van der Waals surface area contributed by atoms with Crippen LogP contribution in [-0.2, 0) is 9.59 Å². The number of nitrogens with zero attached hydrogens (tertiary/aromatic N) is 1. The number of hydrogen-bond donors (Lipinski definition) is 1. The van der Waals surface area contributed by atoms with Crippen LogP contribution in [0.5, 0.6) is 0 Å². The Morgan fingerprint density at radius 3 is 2.55 bits per heavy atom. The summed E-state index contributed by atoms with van der Waals surface area (Å²) >= 11 is 0. The molecule has 1 N–H and O–H groups in total. The van der Waals surface area contributed by atoms with E-state index in [1.54, 1.807) is 11.9 Å². The van der Waals surface area contributed by atoms with Crippen LogP contribution in [0.2, 0.25) is 0 Å². The monoisotopic (exact) mass is 306 g/mol. The molecule has 5 nitrogen and oxygen atoms in total. The van der Waals surface area contributed by atoms with E-state index in [0.717, 1.165) is 0 Å². The van der Waals surface area contributed by atoms with Crippen molar-refractivity contribution in [2.24, 2.45) is 0 Å². The molecule has 1 aliphatic rings. The minimum atomic E-state index is -0.382. The largest absolute Gasteiger partial charge is 0.351 e. The molecule has 2 rings (SSSR count). The Bertz CT molecular complexity index is 571. The molecule has 6 heteroatoms. The lowest BCUT2D eigenvalue weighted by Crippen LogP contribution is -2.36. The summed E-state index contributed by atoms with van der Waals surface area (Å²) in [5.41, 5.74) is 0.449. The minimum absolute atomic E-state index is 0.0248. The molecular formula is C16H19FN2O3. The van der Waals surface area contributed by atoms with Crippen LogP contribution in [0.1, 0.15) is 36.0 Å². The van der Waals surface area contributed by atoms with Crippen molar-refractivity contribution in [1.82, 2.24) is 10.2 Å². The zero-order chi connectivity index (χ0) is 16.1. The summed E-state index contributed by atoms with van der Waals surface area (Å²) in [5, 5.41) is 2.80. The Morgan fingerprint density at radius 2 is 1.95 bits per heavy atom. The highest BCUT2D eigenvalue weighted by molar-refractivity contribution is 5.96. The molecule has 0 saturated carbocycles. The van der Waals surface area contributed by atoms with Gasteiger partial charge < -0.3 is 10.2 Å². The molecule has 1 heterocycles. The maximum atomic E-state index is 12.8. The molecule has 1 aromatic rings. The predicted molar refractivity (Wildman–Crippen MR) is 78.8 cm³/mol. The molecule has 1 aliphatic heterocycles. The van der Waals surface area contributed by atoms with E-state index in [1.807, 2.05) is 0 Å². The third-order valence-electron chi connectivity index (χ3n) is 3.68. The molecule has 1 unspecified atom stereocenters. The van der Waals surface area contributed by atoms with E-state index in [0.29, 0.717) is 24.9 Å². The number of likely N-dealkylation sites (N-methyl/N-ethyl adjacent to an activating group) is 1. The van der Waals surface area contributed by atoms with E-state index >= 15 is 0 Å². The average Bonchev–Trinajstić information content (AvgIpc) is 2.77. The molecule has 0 radical (unpaired) electrons. The van der Waals surface area contributed by atoms with E-state index in [1.165, 1.54) is 24.3 Å². The number of carbonyl (C=O) groups is 3. The van der Waals surface area contributed by atoms with Crippen LogP contribution in [-0.4, -0.2) is 42.1 Å². The quantitative estimate of drug-likeness (QED) is 0.811. The van der Waals surface area contributed by atoms with Gasteiger partial charge in [-0.05, 0) is 30.7 Å². The molecule has 0 aromatic heterocycles. The van der Waals surface area contributed by atoms with Gasteiger partial charge in [0.1, 0.15) is 5.82 Å². The second-order valence-electron chi connectivity index (χ2n) is 5.53. The molecule has 1 saturated heterocycles. The molecule has 1 atom stereocenters. The highest BCUT2D eigenvalue weighted by Gasteiger charge is 2.27. The zero-order valence-corrected chi connectivity index (χ0v) is 12.5. The van der Waals surface area contributed by atoms with Gasteiger partial charge in [-0.15, -0.1) is 0 Å². The Labute approximate surface area is 128 Å². The maximum absolute atomic E-state index is 12.8. The van der Waals surface area contributed by atoms with Gasteiger partial charge in [0.25, 0.3) is 0 Å². The van der Waals surface area contributed by atoms with E-state index in [4.69, 9.17) is 0 Å². The average molecular weight is 306 g/mol. The van der Waals surface area contributed by atoms with Crippen LogP contribution < -0.4 is 5.32 Å². The van der Waals surface area contributed by atoms with Crippen molar-refractivity contribution in [2.75, 3.05) is 13.6 Å². The van der Waals surface area contributed by atoms with Crippen molar-refractivity contribution in [2.45, 2.75) is 31.7 Å². The van der Waals surface area contributed by atoms with Gasteiger partial charge in [-0.3, -0.25) is 14.4 Å². The first-order valence-corrected chi connectivity index (χ1v) is 7.28. The summed E-state index contributed by atoms with van der Waals surface area (Å²) in [6.45, 7) is 0.527. The van der Waals surface area contributed by atoms with Crippen molar-refractivity contribution in [3.63, 3.8) is 0 Å². The number of hydrogen-bond acceptors (Lipinski definition) is 3. The normalized spacial score (nSPS) is 17.6. The fraction of sp³-hybridized carbons (Fsp3) is 0.438. The maximum Gasteiger partial charge on any atom is 0.224 e. The van der Waals surface area contributed by atoms with Gasteiger partial charge in [0.2, 0.25) is 11.8 Å². The first-order chi connectivity index (χ1) is 10.5. The highest BCUT2D eigenvalue weighted by atomic mass is 19.1. The molecule has 118 valence electrons. The second kappa shape index (κ2) is 7.15. The van der Waals surface area contributed by atoms with Crippen molar-refractivity contribution < 1.29 is 18.8 Å². The Balaban J connectivity index is 1.70. The molecule has 2 amide bonds. The number of amides is 2. The van der Waals surface area contributed by atoms with Crippen LogP contribution in [0.3, 0.4) is 0 Å². The van der Waals surface area contributed by atoms with Crippen LogP contribution >= 0.6 is 0 Å². The molecule has 0 bridgehead atoms. The molecular weight excluding hydrogens is 287 g/mol. The Morgan fingerprint density at radius 1 is 1.27 bits per heavy atom. The molecule has 0 aliphatic carbocycles. The Kier molecular flexibility index (Phi) is 5.25. The number of rotatable bonds is 6. The van der Waals surface area contributed by atoms with Gasteiger partial charge in [0, 0.05) is 38.4 Å². The molecule has 0 spiro atoms. The van der Waals surface area contributed by atoms with Gasteiger partial charge in [-0.1, -0.05) is 0 Å². The molecule has 1 aromatic carbocycles. The third-order valence-corrected chi connectivity index (χ3v) is 3.68. The number of benzene rings is 1. The lowest BCUT2D eigenvalue weighted by atomic mass is 10.1. The smallest absolute Gasteiger partial charge is 0.224 e. The van der Waals surface area contributed by atoms with Gasteiger partial charge in [-0.25, -0.2) is 4.39 Å². The second-order valence-corrected chi connectivity index (χ2v) is 5.53. The minimum Gasteiger partial charge on any atom is -0.351 e. The number of Topliss-reactive ketones (excluding diaryl/α,β-unsaturated/α-hetero) is 1. The van der Waals surface area contributed by atoms with Crippen LogP contribution in [0.15, 0.2) is 24.3 Å². The first kappa shape index (κ1) is 16.1. The van der Waals surface area contributed by atoms with Crippen LogP contribution in [0, 0.1) is 5.82 Å². The molecule has 1 fully saturated rings. The zero-order valence-electron chi connectivity index (χ0n) is 12.5. The van der Waals surface area contributed by atoms with E-state index < -0.39 is 0 Å². The summed E-state index contributed by atoms with van der Waals surface area (Å²) in [4.78, 5) is 36.6. The summed E-state index contributed by atoms with van der Waals surface area (Å²) in [6, 6.07) is 5.23. The number of nitrogens with one attached hydrogen (secondary N) is 1. The van der Waals surface area contributed by atoms with Crippen molar-refractivity contribution >= 4 is 17.6 Å². The summed E-state index contributed by atoms with van der Waals surface area (Å²) < 4.78 is 12.8. The summed E-state index contributed by atoms with van der Waals surface area (Å²) in [5.74, 6) is -0.618. The Hall–Kier alpha value is -2.24. The predicted octanol–water partition coefficient (Wildman–Crippen LogP) is 1.53. The fourth-order valence-corrected chi connectivity index (χ4v) is 2.45.